The second kappa shape index (κ2) is 8.26. The fourth-order valence-corrected chi connectivity index (χ4v) is 2.74. The van der Waals surface area contributed by atoms with Crippen molar-refractivity contribution in [1.82, 2.24) is 30.3 Å². The minimum Gasteiger partial charge on any atom is -0.379 e. The van der Waals surface area contributed by atoms with Gasteiger partial charge in [-0.1, -0.05) is 6.92 Å². The monoisotopic (exact) mass is 324 g/mol. The lowest BCUT2D eigenvalue weighted by molar-refractivity contribution is -0.0165. The Bertz CT molecular complexity index is 500. The van der Waals surface area contributed by atoms with Crippen LogP contribution in [0.15, 0.2) is 6.33 Å². The van der Waals surface area contributed by atoms with Crippen LogP contribution in [0.25, 0.3) is 0 Å². The summed E-state index contributed by atoms with van der Waals surface area (Å²) in [5.41, 5.74) is -0.0510. The summed E-state index contributed by atoms with van der Waals surface area (Å²) in [6.45, 7) is 11.5. The molecule has 130 valence electrons. The Morgan fingerprint density at radius 3 is 2.74 bits per heavy atom. The van der Waals surface area contributed by atoms with Gasteiger partial charge in [0.25, 0.3) is 0 Å². The highest BCUT2D eigenvalue weighted by Gasteiger charge is 2.31. The molecule has 8 nitrogen and oxygen atoms in total. The van der Waals surface area contributed by atoms with Gasteiger partial charge in [0, 0.05) is 31.7 Å². The Balaban J connectivity index is 1.80. The van der Waals surface area contributed by atoms with Gasteiger partial charge in [-0.2, -0.15) is 0 Å². The Morgan fingerprint density at radius 2 is 2.09 bits per heavy atom. The molecule has 0 aromatic carbocycles. The highest BCUT2D eigenvalue weighted by Crippen LogP contribution is 2.19. The lowest BCUT2D eigenvalue weighted by Crippen LogP contribution is -2.57. The van der Waals surface area contributed by atoms with Crippen LogP contribution in [0.4, 0.5) is 4.79 Å². The molecule has 1 aromatic heterocycles. The van der Waals surface area contributed by atoms with E-state index in [1.807, 2.05) is 11.5 Å². The van der Waals surface area contributed by atoms with Crippen molar-refractivity contribution in [3.63, 3.8) is 0 Å². The molecule has 2 rings (SSSR count). The number of morpholine rings is 1. The summed E-state index contributed by atoms with van der Waals surface area (Å²) < 4.78 is 7.32. The molecule has 0 aliphatic carbocycles. The van der Waals surface area contributed by atoms with Gasteiger partial charge in [0.1, 0.15) is 6.33 Å². The van der Waals surface area contributed by atoms with Gasteiger partial charge >= 0.3 is 6.03 Å². The van der Waals surface area contributed by atoms with Gasteiger partial charge in [0.15, 0.2) is 5.82 Å². The predicted octanol–water partition coefficient (Wildman–Crippen LogP) is 0.598. The average molecular weight is 324 g/mol. The first-order chi connectivity index (χ1) is 11.1. The number of amides is 2. The maximum atomic E-state index is 12.1. The number of ether oxygens (including phenoxy) is 1. The molecule has 8 heteroatoms. The molecule has 2 N–H and O–H groups in total. The number of hydrogen-bond acceptors (Lipinski definition) is 5. The molecule has 0 spiro atoms. The van der Waals surface area contributed by atoms with Crippen molar-refractivity contribution in [3.8, 4) is 0 Å². The predicted molar refractivity (Wildman–Crippen MR) is 87.0 cm³/mol. The molecule has 2 amide bonds. The van der Waals surface area contributed by atoms with Crippen LogP contribution in [0.2, 0.25) is 0 Å². The first-order valence-electron chi connectivity index (χ1n) is 8.30. The second-order valence-electron chi connectivity index (χ2n) is 6.02. The smallest absolute Gasteiger partial charge is 0.315 e. The maximum Gasteiger partial charge on any atom is 0.315 e. The number of urea groups is 1. The number of aryl methyl sites for hydroxylation is 1. The molecule has 23 heavy (non-hydrogen) atoms. The van der Waals surface area contributed by atoms with E-state index in [0.29, 0.717) is 13.1 Å². The molecule has 0 saturated carbocycles. The number of nitrogens with zero attached hydrogens (tertiary/aromatic N) is 4. The van der Waals surface area contributed by atoms with Crippen molar-refractivity contribution >= 4 is 6.03 Å². The van der Waals surface area contributed by atoms with Crippen molar-refractivity contribution in [2.75, 3.05) is 32.8 Å². The molecule has 1 fully saturated rings. The Labute approximate surface area is 137 Å². The number of aromatic nitrogens is 3. The van der Waals surface area contributed by atoms with Crippen LogP contribution in [0, 0.1) is 0 Å². The fraction of sp³-hybridized carbons (Fsp3) is 0.800. The number of hydrogen-bond donors (Lipinski definition) is 2. The van der Waals surface area contributed by atoms with Crippen LogP contribution in [-0.2, 0) is 17.8 Å². The largest absolute Gasteiger partial charge is 0.379 e. The van der Waals surface area contributed by atoms with Crippen LogP contribution in [0.5, 0.6) is 0 Å². The van der Waals surface area contributed by atoms with Crippen molar-refractivity contribution in [2.24, 2.45) is 0 Å². The fourth-order valence-electron chi connectivity index (χ4n) is 2.74. The van der Waals surface area contributed by atoms with Crippen molar-refractivity contribution in [3.05, 3.63) is 12.2 Å². The van der Waals surface area contributed by atoms with Crippen molar-refractivity contribution in [2.45, 2.75) is 45.8 Å². The minimum atomic E-state index is -0.177. The molecule has 1 aliphatic rings. The molecule has 0 bridgehead atoms. The third-order valence-electron chi connectivity index (χ3n) is 4.61. The average Bonchev–Trinajstić information content (AvgIpc) is 3.06. The van der Waals surface area contributed by atoms with E-state index in [4.69, 9.17) is 4.74 Å². The molecule has 1 aliphatic heterocycles. The molecular weight excluding hydrogens is 296 g/mol. The normalized spacial score (nSPS) is 18.4. The topological polar surface area (TPSA) is 84.3 Å². The summed E-state index contributed by atoms with van der Waals surface area (Å²) in [5.74, 6) is 0.758. The number of rotatable bonds is 7. The lowest BCUT2D eigenvalue weighted by Gasteiger charge is -2.43. The molecule has 0 radical (unpaired) electrons. The Morgan fingerprint density at radius 1 is 1.35 bits per heavy atom. The van der Waals surface area contributed by atoms with Gasteiger partial charge in [-0.25, -0.2) is 4.79 Å². The number of nitrogens with one attached hydrogen (secondary N) is 2. The highest BCUT2D eigenvalue weighted by atomic mass is 16.5. The summed E-state index contributed by atoms with van der Waals surface area (Å²) in [5, 5.41) is 13.7. The van der Waals surface area contributed by atoms with Gasteiger partial charge in [0.2, 0.25) is 0 Å². The number of carbonyl (C=O) groups is 1. The first kappa shape index (κ1) is 17.7. The maximum absolute atomic E-state index is 12.1. The lowest BCUT2D eigenvalue weighted by atomic mass is 9.95. The molecule has 0 unspecified atom stereocenters. The van der Waals surface area contributed by atoms with E-state index in [1.54, 1.807) is 6.33 Å². The van der Waals surface area contributed by atoms with Gasteiger partial charge < -0.3 is 19.9 Å². The zero-order valence-corrected chi connectivity index (χ0v) is 14.3. The van der Waals surface area contributed by atoms with Gasteiger partial charge in [0.05, 0.1) is 19.8 Å². The standard InChI is InChI=1S/C15H28N6O2/c1-4-15(3,21-6-8-23-9-7-21)11-17-14(22)16-10-13-19-18-12-20(13)5-2/h12H,4-11H2,1-3H3,(H2,16,17,22)/t15-/m0/s1. The minimum absolute atomic E-state index is 0.0510. The zero-order valence-electron chi connectivity index (χ0n) is 14.3. The Hall–Kier alpha value is -1.67. The van der Waals surface area contributed by atoms with E-state index in [0.717, 1.165) is 45.1 Å². The van der Waals surface area contributed by atoms with E-state index in [1.165, 1.54) is 0 Å². The summed E-state index contributed by atoms with van der Waals surface area (Å²) in [6, 6.07) is -0.177. The molecular formula is C15H28N6O2. The third kappa shape index (κ3) is 4.65. The summed E-state index contributed by atoms with van der Waals surface area (Å²) in [4.78, 5) is 14.5. The summed E-state index contributed by atoms with van der Waals surface area (Å²) in [6.07, 6.45) is 2.64. The van der Waals surface area contributed by atoms with Gasteiger partial charge in [-0.15, -0.1) is 10.2 Å². The summed E-state index contributed by atoms with van der Waals surface area (Å²) >= 11 is 0. The van der Waals surface area contributed by atoms with Crippen molar-refractivity contribution < 1.29 is 9.53 Å². The van der Waals surface area contributed by atoms with Crippen LogP contribution in [0.1, 0.15) is 33.0 Å². The molecule has 1 aromatic rings. The van der Waals surface area contributed by atoms with E-state index in [-0.39, 0.29) is 11.6 Å². The third-order valence-corrected chi connectivity index (χ3v) is 4.61. The number of carbonyl (C=O) groups excluding carboxylic acids is 1. The second-order valence-corrected chi connectivity index (χ2v) is 6.02. The summed E-state index contributed by atoms with van der Waals surface area (Å²) in [7, 11) is 0. The highest BCUT2D eigenvalue weighted by molar-refractivity contribution is 5.73. The van der Waals surface area contributed by atoms with E-state index < -0.39 is 0 Å². The molecule has 1 atom stereocenters. The van der Waals surface area contributed by atoms with Crippen LogP contribution in [0.3, 0.4) is 0 Å². The van der Waals surface area contributed by atoms with Gasteiger partial charge in [-0.05, 0) is 20.3 Å². The Kier molecular flexibility index (Phi) is 6.35. The zero-order chi connectivity index (χ0) is 16.7. The van der Waals surface area contributed by atoms with E-state index in [9.17, 15) is 4.79 Å². The first-order valence-corrected chi connectivity index (χ1v) is 8.30. The van der Waals surface area contributed by atoms with Crippen molar-refractivity contribution in [1.29, 1.82) is 0 Å². The quantitative estimate of drug-likeness (QED) is 0.767. The van der Waals surface area contributed by atoms with Crippen LogP contribution < -0.4 is 10.6 Å². The molecule has 1 saturated heterocycles. The van der Waals surface area contributed by atoms with E-state index >= 15 is 0 Å². The molecule has 2 heterocycles. The van der Waals surface area contributed by atoms with Gasteiger partial charge in [-0.3, -0.25) is 4.90 Å². The SMILES string of the molecule is CCn1cnnc1CNC(=O)NC[C@](C)(CC)N1CCOCC1. The van der Waals surface area contributed by atoms with Crippen LogP contribution >= 0.6 is 0 Å². The van der Waals surface area contributed by atoms with Crippen LogP contribution in [-0.4, -0.2) is 64.1 Å². The van der Waals surface area contributed by atoms with E-state index in [2.05, 4.69) is 39.6 Å².